The van der Waals surface area contributed by atoms with E-state index in [1.54, 1.807) is 13.2 Å². The summed E-state index contributed by atoms with van der Waals surface area (Å²) in [6.07, 6.45) is 1.41. The highest BCUT2D eigenvalue weighted by Gasteiger charge is 2.19. The number of aryl methyl sites for hydroxylation is 1. The Hall–Kier alpha value is -3.61. The minimum atomic E-state index is -0.834. The minimum Gasteiger partial charge on any atom is -0.497 e. The Morgan fingerprint density at radius 2 is 1.79 bits per heavy atom. The number of carbonyl (C=O) groups excluding carboxylic acids is 2. The highest BCUT2D eigenvalue weighted by Crippen LogP contribution is 2.23. The number of ketones is 1. The van der Waals surface area contributed by atoms with Crippen LogP contribution in [0, 0.1) is 13.8 Å². The molecule has 0 aliphatic carbocycles. The van der Waals surface area contributed by atoms with E-state index in [4.69, 9.17) is 9.47 Å². The van der Waals surface area contributed by atoms with Crippen LogP contribution < -0.4 is 10.3 Å². The maximum atomic E-state index is 12.6. The van der Waals surface area contributed by atoms with Crippen molar-refractivity contribution >= 4 is 11.8 Å². The first kappa shape index (κ1) is 19.2. The minimum absolute atomic E-state index is 0.140. The molecule has 0 atom stereocenters. The number of aromatic amines is 1. The van der Waals surface area contributed by atoms with E-state index in [0.717, 1.165) is 22.8 Å². The third-order valence-corrected chi connectivity index (χ3v) is 4.43. The fourth-order valence-electron chi connectivity index (χ4n) is 3.04. The SMILES string of the molecule is COc1ccc(-n2c(C)cc(C(=O)COC(=O)c3ccc[nH]c3=O)c2C)cc1. The largest absolute Gasteiger partial charge is 0.497 e. The molecule has 144 valence electrons. The zero-order chi connectivity index (χ0) is 20.3. The van der Waals surface area contributed by atoms with E-state index in [9.17, 15) is 14.4 Å². The molecule has 0 aliphatic rings. The van der Waals surface area contributed by atoms with Gasteiger partial charge in [0.15, 0.2) is 6.61 Å². The van der Waals surface area contributed by atoms with Gasteiger partial charge in [0.1, 0.15) is 11.3 Å². The summed E-state index contributed by atoms with van der Waals surface area (Å²) >= 11 is 0. The number of H-pyrrole nitrogens is 1. The number of nitrogens with one attached hydrogen (secondary N) is 1. The van der Waals surface area contributed by atoms with Crippen molar-refractivity contribution < 1.29 is 19.1 Å². The van der Waals surface area contributed by atoms with Crippen molar-refractivity contribution in [3.05, 3.63) is 81.5 Å². The number of hydrogen-bond acceptors (Lipinski definition) is 5. The molecular weight excluding hydrogens is 360 g/mol. The summed E-state index contributed by atoms with van der Waals surface area (Å²) in [6.45, 7) is 3.28. The molecule has 1 aromatic carbocycles. The molecule has 0 unspecified atom stereocenters. The number of ether oxygens (including phenoxy) is 2. The second-order valence-corrected chi connectivity index (χ2v) is 6.23. The number of methoxy groups -OCH3 is 1. The number of aromatic nitrogens is 2. The molecule has 0 fully saturated rings. The molecule has 2 heterocycles. The predicted octanol–water partition coefficient (Wildman–Crippen LogP) is 2.83. The number of rotatable bonds is 6. The monoisotopic (exact) mass is 380 g/mol. The van der Waals surface area contributed by atoms with Crippen LogP contribution in [0.25, 0.3) is 5.69 Å². The number of nitrogens with zero attached hydrogens (tertiary/aromatic N) is 1. The van der Waals surface area contributed by atoms with Crippen LogP contribution in [0.1, 0.15) is 32.1 Å². The number of hydrogen-bond donors (Lipinski definition) is 1. The second kappa shape index (κ2) is 7.96. The normalized spacial score (nSPS) is 10.5. The number of benzene rings is 1. The number of pyridine rings is 1. The Morgan fingerprint density at radius 3 is 2.43 bits per heavy atom. The van der Waals surface area contributed by atoms with Gasteiger partial charge in [0, 0.05) is 28.8 Å². The van der Waals surface area contributed by atoms with Crippen molar-refractivity contribution in [1.82, 2.24) is 9.55 Å². The van der Waals surface area contributed by atoms with Crippen LogP contribution in [0.15, 0.2) is 53.5 Å². The molecule has 0 bridgehead atoms. The standard InChI is InChI=1S/C21H20N2O5/c1-13-11-18(14(2)23(13)15-6-8-16(27-3)9-7-15)19(24)12-28-21(26)17-5-4-10-22-20(17)25/h4-11H,12H2,1-3H3,(H,22,25). The highest BCUT2D eigenvalue weighted by atomic mass is 16.5. The maximum Gasteiger partial charge on any atom is 0.344 e. The quantitative estimate of drug-likeness (QED) is 0.525. The van der Waals surface area contributed by atoms with Crippen LogP contribution in [-0.4, -0.2) is 35.0 Å². The maximum absolute atomic E-state index is 12.6. The Bertz CT molecular complexity index is 1080. The molecule has 0 saturated heterocycles. The summed E-state index contributed by atoms with van der Waals surface area (Å²) in [7, 11) is 1.60. The third-order valence-electron chi connectivity index (χ3n) is 4.43. The van der Waals surface area contributed by atoms with Crippen LogP contribution in [0.4, 0.5) is 0 Å². The van der Waals surface area contributed by atoms with E-state index < -0.39 is 18.1 Å². The predicted molar refractivity (Wildman–Crippen MR) is 103 cm³/mol. The van der Waals surface area contributed by atoms with Crippen LogP contribution >= 0.6 is 0 Å². The Labute approximate surface area is 161 Å². The Balaban J connectivity index is 1.78. The topological polar surface area (TPSA) is 90.4 Å². The van der Waals surface area contributed by atoms with Gasteiger partial charge < -0.3 is 19.0 Å². The Morgan fingerprint density at radius 1 is 1.07 bits per heavy atom. The van der Waals surface area contributed by atoms with Gasteiger partial charge in [-0.1, -0.05) is 0 Å². The molecule has 7 heteroatoms. The van der Waals surface area contributed by atoms with E-state index in [0.29, 0.717) is 5.56 Å². The number of esters is 1. The van der Waals surface area contributed by atoms with Crippen molar-refractivity contribution in [2.24, 2.45) is 0 Å². The average molecular weight is 380 g/mol. The lowest BCUT2D eigenvalue weighted by atomic mass is 10.1. The van der Waals surface area contributed by atoms with Gasteiger partial charge in [0.25, 0.3) is 5.56 Å². The molecule has 3 rings (SSSR count). The van der Waals surface area contributed by atoms with Crippen molar-refractivity contribution in [1.29, 1.82) is 0 Å². The Kier molecular flexibility index (Phi) is 5.44. The lowest BCUT2D eigenvalue weighted by molar-refractivity contribution is 0.0472. The summed E-state index contributed by atoms with van der Waals surface area (Å²) in [5.74, 6) is -0.432. The molecule has 0 amide bonds. The molecule has 2 aromatic heterocycles. The summed E-state index contributed by atoms with van der Waals surface area (Å²) in [5, 5.41) is 0. The zero-order valence-electron chi connectivity index (χ0n) is 15.8. The fraction of sp³-hybridized carbons (Fsp3) is 0.190. The van der Waals surface area contributed by atoms with Crippen molar-refractivity contribution in [2.45, 2.75) is 13.8 Å². The van der Waals surface area contributed by atoms with Crippen LogP contribution in [0.3, 0.4) is 0 Å². The molecule has 0 saturated carbocycles. The summed E-state index contributed by atoms with van der Waals surface area (Å²) in [5.41, 5.74) is 2.26. The van der Waals surface area contributed by atoms with Gasteiger partial charge in [-0.05, 0) is 56.3 Å². The summed E-state index contributed by atoms with van der Waals surface area (Å²) in [4.78, 5) is 38.6. The molecule has 3 aromatic rings. The van der Waals surface area contributed by atoms with Crippen LogP contribution in [0.5, 0.6) is 5.75 Å². The van der Waals surface area contributed by atoms with E-state index in [2.05, 4.69) is 4.98 Å². The number of carbonyl (C=O) groups is 2. The van der Waals surface area contributed by atoms with E-state index in [-0.39, 0.29) is 11.3 Å². The third kappa shape index (κ3) is 3.73. The molecule has 0 spiro atoms. The lowest BCUT2D eigenvalue weighted by Gasteiger charge is -2.10. The first-order valence-electron chi connectivity index (χ1n) is 8.63. The van der Waals surface area contributed by atoms with Crippen molar-refractivity contribution in [3.63, 3.8) is 0 Å². The van der Waals surface area contributed by atoms with Gasteiger partial charge in [0.05, 0.1) is 7.11 Å². The molecule has 0 radical (unpaired) electrons. The van der Waals surface area contributed by atoms with Gasteiger partial charge in [-0.3, -0.25) is 9.59 Å². The fourth-order valence-corrected chi connectivity index (χ4v) is 3.04. The van der Waals surface area contributed by atoms with Crippen LogP contribution in [-0.2, 0) is 4.74 Å². The molecule has 1 N–H and O–H groups in total. The molecule has 28 heavy (non-hydrogen) atoms. The molecular formula is C21H20N2O5. The number of Topliss-reactive ketones (excluding diaryl/α,β-unsaturated/α-hetero) is 1. The van der Waals surface area contributed by atoms with E-state index >= 15 is 0 Å². The van der Waals surface area contributed by atoms with Gasteiger partial charge in [0.2, 0.25) is 5.78 Å². The summed E-state index contributed by atoms with van der Waals surface area (Å²) in [6, 6.07) is 12.1. The first-order chi connectivity index (χ1) is 13.4. The first-order valence-corrected chi connectivity index (χ1v) is 8.63. The van der Waals surface area contributed by atoms with Crippen molar-refractivity contribution in [3.8, 4) is 11.4 Å². The van der Waals surface area contributed by atoms with E-state index in [1.165, 1.54) is 18.3 Å². The van der Waals surface area contributed by atoms with Crippen LogP contribution in [0.2, 0.25) is 0 Å². The second-order valence-electron chi connectivity index (χ2n) is 6.23. The molecule has 0 aliphatic heterocycles. The van der Waals surface area contributed by atoms with E-state index in [1.807, 2.05) is 42.7 Å². The average Bonchev–Trinajstić information content (AvgIpc) is 3.00. The van der Waals surface area contributed by atoms with Gasteiger partial charge >= 0.3 is 5.97 Å². The lowest BCUT2D eigenvalue weighted by Crippen LogP contribution is -2.21. The zero-order valence-corrected chi connectivity index (χ0v) is 15.8. The smallest absolute Gasteiger partial charge is 0.344 e. The van der Waals surface area contributed by atoms with Crippen molar-refractivity contribution in [2.75, 3.05) is 13.7 Å². The highest BCUT2D eigenvalue weighted by molar-refractivity contribution is 6.00. The summed E-state index contributed by atoms with van der Waals surface area (Å²) < 4.78 is 12.1. The van der Waals surface area contributed by atoms with Gasteiger partial charge in [-0.2, -0.15) is 0 Å². The molecule has 7 nitrogen and oxygen atoms in total. The van der Waals surface area contributed by atoms with Gasteiger partial charge in [-0.15, -0.1) is 0 Å². The van der Waals surface area contributed by atoms with Gasteiger partial charge in [-0.25, -0.2) is 4.79 Å².